The molecule has 1 amide bonds. The third-order valence-electron chi connectivity index (χ3n) is 4.83. The summed E-state index contributed by atoms with van der Waals surface area (Å²) in [4.78, 5) is 29.0. The van der Waals surface area contributed by atoms with Gasteiger partial charge in [-0.3, -0.25) is 4.79 Å². The van der Waals surface area contributed by atoms with E-state index in [9.17, 15) is 14.7 Å². The Labute approximate surface area is 134 Å². The molecular formula is C16H22N2O3S. The first kappa shape index (κ1) is 15.5. The SMILES string of the molecule is Cc1ccsc1C(=O)N1CC[C@@H](N2CCCC2)C[C@H]1C(=O)O. The van der Waals surface area contributed by atoms with Gasteiger partial charge in [0.2, 0.25) is 0 Å². The molecule has 6 heteroatoms. The topological polar surface area (TPSA) is 60.9 Å². The van der Waals surface area contributed by atoms with E-state index in [1.54, 1.807) is 4.90 Å². The van der Waals surface area contributed by atoms with E-state index in [-0.39, 0.29) is 5.91 Å². The van der Waals surface area contributed by atoms with Crippen LogP contribution in [0.4, 0.5) is 0 Å². The van der Waals surface area contributed by atoms with Gasteiger partial charge in [0.25, 0.3) is 5.91 Å². The summed E-state index contributed by atoms with van der Waals surface area (Å²) < 4.78 is 0. The largest absolute Gasteiger partial charge is 0.480 e. The van der Waals surface area contributed by atoms with Crippen molar-refractivity contribution in [1.82, 2.24) is 9.80 Å². The molecule has 0 spiro atoms. The van der Waals surface area contributed by atoms with Gasteiger partial charge in [-0.1, -0.05) is 0 Å². The predicted molar refractivity (Wildman–Crippen MR) is 85.3 cm³/mol. The highest BCUT2D eigenvalue weighted by molar-refractivity contribution is 7.12. The fraction of sp³-hybridized carbons (Fsp3) is 0.625. The lowest BCUT2D eigenvalue weighted by molar-refractivity contribution is -0.144. The van der Waals surface area contributed by atoms with Gasteiger partial charge in [0.15, 0.2) is 0 Å². The maximum absolute atomic E-state index is 12.7. The van der Waals surface area contributed by atoms with Crippen LogP contribution in [0.1, 0.15) is 40.9 Å². The van der Waals surface area contributed by atoms with E-state index in [1.807, 2.05) is 18.4 Å². The smallest absolute Gasteiger partial charge is 0.326 e. The molecule has 2 aliphatic rings. The van der Waals surface area contributed by atoms with Gasteiger partial charge in [0.1, 0.15) is 6.04 Å². The number of likely N-dealkylation sites (tertiary alicyclic amines) is 2. The summed E-state index contributed by atoms with van der Waals surface area (Å²) in [5.74, 6) is -1.01. The van der Waals surface area contributed by atoms with Crippen LogP contribution in [0.2, 0.25) is 0 Å². The second kappa shape index (κ2) is 6.38. The number of thiophene rings is 1. The maximum Gasteiger partial charge on any atom is 0.326 e. The summed E-state index contributed by atoms with van der Waals surface area (Å²) in [6.45, 7) is 4.56. The van der Waals surface area contributed by atoms with Crippen molar-refractivity contribution >= 4 is 23.2 Å². The van der Waals surface area contributed by atoms with Crippen molar-refractivity contribution in [3.05, 3.63) is 21.9 Å². The summed E-state index contributed by atoms with van der Waals surface area (Å²) in [5, 5.41) is 11.5. The fourth-order valence-corrected chi connectivity index (χ4v) is 4.46. The molecule has 2 atom stereocenters. The van der Waals surface area contributed by atoms with E-state index in [2.05, 4.69) is 4.90 Å². The molecule has 1 aromatic heterocycles. The van der Waals surface area contributed by atoms with Crippen LogP contribution in [0.15, 0.2) is 11.4 Å². The molecule has 2 saturated heterocycles. The third-order valence-corrected chi connectivity index (χ3v) is 5.84. The van der Waals surface area contributed by atoms with Crippen LogP contribution in [-0.4, -0.2) is 58.5 Å². The Balaban J connectivity index is 1.76. The minimum atomic E-state index is -0.883. The number of carboxylic acid groups (broad SMARTS) is 1. The molecule has 5 nitrogen and oxygen atoms in total. The van der Waals surface area contributed by atoms with E-state index in [0.29, 0.717) is 23.9 Å². The van der Waals surface area contributed by atoms with Crippen molar-refractivity contribution in [2.45, 2.75) is 44.7 Å². The van der Waals surface area contributed by atoms with Gasteiger partial charge in [-0.2, -0.15) is 0 Å². The molecule has 1 aromatic rings. The molecule has 3 heterocycles. The zero-order valence-corrected chi connectivity index (χ0v) is 13.6. The Bertz CT molecular complexity index is 565. The van der Waals surface area contributed by atoms with Crippen LogP contribution in [0, 0.1) is 6.92 Å². The summed E-state index contributed by atoms with van der Waals surface area (Å²) in [7, 11) is 0. The molecule has 2 aliphatic heterocycles. The number of nitrogens with zero attached hydrogens (tertiary/aromatic N) is 2. The number of rotatable bonds is 3. The zero-order valence-electron chi connectivity index (χ0n) is 12.8. The second-order valence-electron chi connectivity index (χ2n) is 6.21. The molecule has 22 heavy (non-hydrogen) atoms. The van der Waals surface area contributed by atoms with Gasteiger partial charge in [-0.15, -0.1) is 11.3 Å². The van der Waals surface area contributed by atoms with E-state index >= 15 is 0 Å². The molecule has 0 aliphatic carbocycles. The van der Waals surface area contributed by atoms with Crippen LogP contribution in [0.5, 0.6) is 0 Å². The van der Waals surface area contributed by atoms with Gasteiger partial charge in [0.05, 0.1) is 4.88 Å². The molecule has 0 aromatic carbocycles. The van der Waals surface area contributed by atoms with Crippen molar-refractivity contribution in [3.63, 3.8) is 0 Å². The van der Waals surface area contributed by atoms with Crippen LogP contribution in [-0.2, 0) is 4.79 Å². The number of hydrogen-bond donors (Lipinski definition) is 1. The highest BCUT2D eigenvalue weighted by Crippen LogP contribution is 2.28. The summed E-state index contributed by atoms with van der Waals surface area (Å²) in [6.07, 6.45) is 3.82. The number of amides is 1. The Morgan fingerprint density at radius 2 is 2.00 bits per heavy atom. The number of piperidine rings is 1. The van der Waals surface area contributed by atoms with Gasteiger partial charge >= 0.3 is 5.97 Å². The second-order valence-corrected chi connectivity index (χ2v) is 7.12. The van der Waals surface area contributed by atoms with Crippen molar-refractivity contribution < 1.29 is 14.7 Å². The van der Waals surface area contributed by atoms with Crippen LogP contribution in [0.3, 0.4) is 0 Å². The first-order chi connectivity index (χ1) is 10.6. The molecule has 120 valence electrons. The van der Waals surface area contributed by atoms with Crippen molar-refractivity contribution in [1.29, 1.82) is 0 Å². The van der Waals surface area contributed by atoms with Gasteiger partial charge in [0, 0.05) is 12.6 Å². The third kappa shape index (κ3) is 2.90. The molecular weight excluding hydrogens is 300 g/mol. The summed E-state index contributed by atoms with van der Waals surface area (Å²) >= 11 is 1.40. The van der Waals surface area contributed by atoms with Crippen LogP contribution in [0.25, 0.3) is 0 Å². The molecule has 0 unspecified atom stereocenters. The number of carbonyl (C=O) groups excluding carboxylic acids is 1. The lowest BCUT2D eigenvalue weighted by Crippen LogP contribution is -2.54. The average Bonchev–Trinajstić information content (AvgIpc) is 3.17. The van der Waals surface area contributed by atoms with E-state index < -0.39 is 12.0 Å². The number of aliphatic carboxylic acids is 1. The lowest BCUT2D eigenvalue weighted by atomic mass is 9.95. The molecule has 0 radical (unpaired) electrons. The summed E-state index contributed by atoms with van der Waals surface area (Å²) in [5.41, 5.74) is 0.931. The van der Waals surface area contributed by atoms with Gasteiger partial charge in [-0.25, -0.2) is 4.79 Å². The van der Waals surface area contributed by atoms with Gasteiger partial charge in [-0.05, 0) is 62.7 Å². The molecule has 2 fully saturated rings. The van der Waals surface area contributed by atoms with Crippen molar-refractivity contribution in [2.75, 3.05) is 19.6 Å². The predicted octanol–water partition coefficient (Wildman–Crippen LogP) is 2.21. The van der Waals surface area contributed by atoms with E-state index in [4.69, 9.17) is 0 Å². The number of carboxylic acids is 1. The Hall–Kier alpha value is -1.40. The first-order valence-corrected chi connectivity index (χ1v) is 8.78. The Morgan fingerprint density at radius 1 is 1.27 bits per heavy atom. The minimum absolute atomic E-state index is 0.125. The molecule has 3 rings (SSSR count). The van der Waals surface area contributed by atoms with Crippen LogP contribution >= 0.6 is 11.3 Å². The van der Waals surface area contributed by atoms with E-state index in [0.717, 1.165) is 25.1 Å². The van der Waals surface area contributed by atoms with Gasteiger partial charge < -0.3 is 14.9 Å². The number of hydrogen-bond acceptors (Lipinski definition) is 4. The monoisotopic (exact) mass is 322 g/mol. The van der Waals surface area contributed by atoms with Crippen LogP contribution < -0.4 is 0 Å². The standard InChI is InChI=1S/C16H22N2O3S/c1-11-5-9-22-14(11)15(19)18-8-4-12(10-13(18)16(20)21)17-6-2-3-7-17/h5,9,12-13H,2-4,6-8,10H2,1H3,(H,20,21)/t12-,13+/m1/s1. The Kier molecular flexibility index (Phi) is 4.49. The number of aryl methyl sites for hydroxylation is 1. The maximum atomic E-state index is 12.7. The molecule has 0 saturated carbocycles. The minimum Gasteiger partial charge on any atom is -0.480 e. The lowest BCUT2D eigenvalue weighted by Gasteiger charge is -2.40. The fourth-order valence-electron chi connectivity index (χ4n) is 3.58. The zero-order chi connectivity index (χ0) is 15.7. The van der Waals surface area contributed by atoms with Crippen molar-refractivity contribution in [3.8, 4) is 0 Å². The molecule has 1 N–H and O–H groups in total. The van der Waals surface area contributed by atoms with E-state index in [1.165, 1.54) is 24.2 Å². The van der Waals surface area contributed by atoms with Crippen molar-refractivity contribution in [2.24, 2.45) is 0 Å². The molecule has 0 bridgehead atoms. The quantitative estimate of drug-likeness (QED) is 0.927. The first-order valence-electron chi connectivity index (χ1n) is 7.90. The number of carbonyl (C=O) groups is 2. The average molecular weight is 322 g/mol. The summed E-state index contributed by atoms with van der Waals surface area (Å²) in [6, 6.07) is 1.51. The Morgan fingerprint density at radius 3 is 2.59 bits per heavy atom. The normalized spacial score (nSPS) is 26.3. The highest BCUT2D eigenvalue weighted by Gasteiger charge is 2.39. The highest BCUT2D eigenvalue weighted by atomic mass is 32.1.